The number of nitrogens with zero attached hydrogens (tertiary/aromatic N) is 2. The summed E-state index contributed by atoms with van der Waals surface area (Å²) in [7, 11) is 1.48. The molecule has 1 aliphatic rings. The van der Waals surface area contributed by atoms with Crippen LogP contribution in [0.15, 0.2) is 0 Å². The smallest absolute Gasteiger partial charge is 0.323 e. The van der Waals surface area contributed by atoms with Gasteiger partial charge in [-0.05, 0) is 39.7 Å². The summed E-state index contributed by atoms with van der Waals surface area (Å²) >= 11 is 0. The van der Waals surface area contributed by atoms with Crippen LogP contribution in [0, 0.1) is 0 Å². The molecule has 3 amide bonds. The Morgan fingerprint density at radius 2 is 1.97 bits per heavy atom. The second kappa shape index (κ2) is 12.9. The van der Waals surface area contributed by atoms with Gasteiger partial charge in [-0.25, -0.2) is 0 Å². The fourth-order valence-corrected chi connectivity index (χ4v) is 3.35. The van der Waals surface area contributed by atoms with Crippen molar-refractivity contribution in [3.8, 4) is 0 Å². The van der Waals surface area contributed by atoms with E-state index in [0.717, 1.165) is 19.4 Å². The van der Waals surface area contributed by atoms with Crippen molar-refractivity contribution in [1.82, 2.24) is 20.4 Å². The van der Waals surface area contributed by atoms with E-state index in [0.29, 0.717) is 19.3 Å². The van der Waals surface area contributed by atoms with Crippen LogP contribution in [-0.2, 0) is 28.7 Å². The molecule has 0 radical (unpaired) electrons. The molecular weight excluding hydrogens is 392 g/mol. The summed E-state index contributed by atoms with van der Waals surface area (Å²) in [5.74, 6) is -1.48. The molecule has 0 spiro atoms. The second-order valence-corrected chi connectivity index (χ2v) is 7.36. The van der Waals surface area contributed by atoms with Crippen molar-refractivity contribution in [1.29, 1.82) is 0 Å². The molecule has 0 saturated carbocycles. The van der Waals surface area contributed by atoms with Crippen LogP contribution in [-0.4, -0.2) is 91.2 Å². The summed E-state index contributed by atoms with van der Waals surface area (Å²) in [6, 6.07) is -1.68. The Hall–Kier alpha value is -2.49. The van der Waals surface area contributed by atoms with Crippen molar-refractivity contribution in [2.45, 2.75) is 64.6 Å². The highest BCUT2D eigenvalue weighted by molar-refractivity contribution is 5.91. The summed E-state index contributed by atoms with van der Waals surface area (Å²) in [4.78, 5) is 62.6. The van der Waals surface area contributed by atoms with Gasteiger partial charge in [-0.1, -0.05) is 6.92 Å². The lowest BCUT2D eigenvalue weighted by Gasteiger charge is -2.32. The van der Waals surface area contributed by atoms with Crippen molar-refractivity contribution in [2.75, 3.05) is 33.3 Å². The lowest BCUT2D eigenvalue weighted by atomic mass is 10.1. The fraction of sp³-hybridized carbons (Fsp3) is 0.750. The average Bonchev–Trinajstić information content (AvgIpc) is 3.25. The van der Waals surface area contributed by atoms with E-state index in [2.05, 4.69) is 10.6 Å². The Morgan fingerprint density at radius 1 is 1.27 bits per heavy atom. The van der Waals surface area contributed by atoms with E-state index in [4.69, 9.17) is 4.74 Å². The molecule has 3 unspecified atom stereocenters. The summed E-state index contributed by atoms with van der Waals surface area (Å²) in [5.41, 5.74) is 0. The number of rotatable bonds is 12. The van der Waals surface area contributed by atoms with Crippen LogP contribution in [0.5, 0.6) is 0 Å². The van der Waals surface area contributed by atoms with E-state index in [-0.39, 0.29) is 43.4 Å². The first-order valence-corrected chi connectivity index (χ1v) is 10.4. The molecule has 170 valence electrons. The van der Waals surface area contributed by atoms with Crippen LogP contribution in [0.25, 0.3) is 0 Å². The minimum absolute atomic E-state index is 0.0167. The molecule has 0 aromatic rings. The van der Waals surface area contributed by atoms with Gasteiger partial charge in [-0.15, -0.1) is 0 Å². The molecule has 1 aliphatic heterocycles. The molecule has 0 aliphatic carbocycles. The van der Waals surface area contributed by atoms with Crippen molar-refractivity contribution < 1.29 is 28.7 Å². The number of aldehydes is 1. The fourth-order valence-electron chi connectivity index (χ4n) is 3.35. The van der Waals surface area contributed by atoms with E-state index in [1.165, 1.54) is 23.8 Å². The molecule has 10 nitrogen and oxygen atoms in total. The Labute approximate surface area is 177 Å². The predicted molar refractivity (Wildman–Crippen MR) is 109 cm³/mol. The molecule has 3 atom stereocenters. The third-order valence-electron chi connectivity index (χ3n) is 4.96. The third-order valence-corrected chi connectivity index (χ3v) is 4.96. The highest BCUT2D eigenvalue weighted by Crippen LogP contribution is 2.11. The normalized spacial score (nSPS) is 17.5. The number of carbonyl (C=O) groups excluding carboxylic acids is 5. The maximum absolute atomic E-state index is 12.8. The number of hydrogen-bond donors (Lipinski definition) is 2. The van der Waals surface area contributed by atoms with Gasteiger partial charge in [0, 0.05) is 13.6 Å². The van der Waals surface area contributed by atoms with Gasteiger partial charge >= 0.3 is 5.97 Å². The van der Waals surface area contributed by atoms with E-state index in [9.17, 15) is 24.0 Å². The van der Waals surface area contributed by atoms with Crippen LogP contribution in [0.3, 0.4) is 0 Å². The number of likely N-dealkylation sites (N-methyl/N-ethyl adjacent to an activating group) is 2. The lowest BCUT2D eigenvalue weighted by molar-refractivity contribution is -0.150. The van der Waals surface area contributed by atoms with E-state index in [1.54, 1.807) is 13.8 Å². The van der Waals surface area contributed by atoms with E-state index in [1.807, 2.05) is 0 Å². The molecule has 2 N–H and O–H groups in total. The maximum Gasteiger partial charge on any atom is 0.323 e. The molecule has 10 heteroatoms. The first kappa shape index (κ1) is 25.5. The van der Waals surface area contributed by atoms with Gasteiger partial charge < -0.3 is 30.0 Å². The predicted octanol–water partition coefficient (Wildman–Crippen LogP) is -0.539. The van der Waals surface area contributed by atoms with Crippen LogP contribution in [0.1, 0.15) is 46.5 Å². The van der Waals surface area contributed by atoms with Gasteiger partial charge in [0.15, 0.2) is 0 Å². The molecule has 1 heterocycles. The highest BCUT2D eigenvalue weighted by Gasteiger charge is 2.30. The molecule has 0 aromatic heterocycles. The molecule has 0 aromatic carbocycles. The Bertz CT molecular complexity index is 620. The van der Waals surface area contributed by atoms with Crippen molar-refractivity contribution in [2.24, 2.45) is 0 Å². The van der Waals surface area contributed by atoms with Gasteiger partial charge in [0.25, 0.3) is 0 Å². The quantitative estimate of drug-likeness (QED) is 0.317. The van der Waals surface area contributed by atoms with E-state index >= 15 is 0 Å². The summed E-state index contributed by atoms with van der Waals surface area (Å²) < 4.78 is 5.19. The maximum atomic E-state index is 12.8. The molecule has 0 bridgehead atoms. The average molecular weight is 427 g/mol. The van der Waals surface area contributed by atoms with Crippen LogP contribution in [0.2, 0.25) is 0 Å². The number of carbonyl (C=O) groups is 5. The molecule has 30 heavy (non-hydrogen) atoms. The summed E-state index contributed by atoms with van der Waals surface area (Å²) in [6.07, 6.45) is 2.60. The van der Waals surface area contributed by atoms with Gasteiger partial charge in [0.1, 0.15) is 25.0 Å². The Kier molecular flexibility index (Phi) is 11.0. The number of esters is 1. The minimum atomic E-state index is -0.726. The van der Waals surface area contributed by atoms with Gasteiger partial charge in [-0.2, -0.15) is 0 Å². The second-order valence-electron chi connectivity index (χ2n) is 7.36. The summed E-state index contributed by atoms with van der Waals surface area (Å²) in [6.45, 7) is 5.91. The van der Waals surface area contributed by atoms with Gasteiger partial charge in [-0.3, -0.25) is 19.2 Å². The van der Waals surface area contributed by atoms with Crippen LogP contribution < -0.4 is 10.6 Å². The third kappa shape index (κ3) is 7.74. The van der Waals surface area contributed by atoms with E-state index < -0.39 is 18.0 Å². The van der Waals surface area contributed by atoms with Crippen LogP contribution >= 0.6 is 0 Å². The zero-order chi connectivity index (χ0) is 22.7. The summed E-state index contributed by atoms with van der Waals surface area (Å²) in [5, 5.41) is 5.51. The zero-order valence-corrected chi connectivity index (χ0v) is 18.3. The first-order valence-electron chi connectivity index (χ1n) is 10.4. The molecule has 1 rings (SSSR count). The number of ether oxygens (including phenoxy) is 1. The van der Waals surface area contributed by atoms with Crippen molar-refractivity contribution >= 4 is 30.0 Å². The molecular formula is C20H34N4O6. The molecule has 1 saturated heterocycles. The standard InChI is InChI=1S/C20H34N4O6/c1-5-16(19(28)23(4)12-17(26)22-14(3)13-25)24(6-2)18(27)9-11-30-20(29)15-8-7-10-21-15/h13-16,21H,5-12H2,1-4H3,(H,22,26). The largest absolute Gasteiger partial charge is 0.464 e. The Balaban J connectivity index is 2.59. The first-order chi connectivity index (χ1) is 14.2. The van der Waals surface area contributed by atoms with Gasteiger partial charge in [0.05, 0.1) is 19.0 Å². The van der Waals surface area contributed by atoms with Gasteiger partial charge in [0.2, 0.25) is 17.7 Å². The SMILES string of the molecule is CCC(C(=O)N(C)CC(=O)NC(C)C=O)N(CC)C(=O)CCOC(=O)C1CCCN1. The monoisotopic (exact) mass is 426 g/mol. The van der Waals surface area contributed by atoms with Crippen molar-refractivity contribution in [3.05, 3.63) is 0 Å². The number of amides is 3. The van der Waals surface area contributed by atoms with Crippen LogP contribution in [0.4, 0.5) is 0 Å². The Morgan fingerprint density at radius 3 is 2.50 bits per heavy atom. The topological polar surface area (TPSA) is 125 Å². The highest BCUT2D eigenvalue weighted by atomic mass is 16.5. The lowest BCUT2D eigenvalue weighted by Crippen LogP contribution is -2.52. The van der Waals surface area contributed by atoms with Crippen molar-refractivity contribution in [3.63, 3.8) is 0 Å². The number of hydrogen-bond acceptors (Lipinski definition) is 7. The minimum Gasteiger partial charge on any atom is -0.464 e. The number of nitrogens with one attached hydrogen (secondary N) is 2. The molecule has 1 fully saturated rings. The zero-order valence-electron chi connectivity index (χ0n) is 18.3.